The van der Waals surface area contributed by atoms with E-state index < -0.39 is 0 Å². The molecule has 2 rings (SSSR count). The molecule has 1 aromatic heterocycles. The highest BCUT2D eigenvalue weighted by Crippen LogP contribution is 2.41. The smallest absolute Gasteiger partial charge is 0.0887 e. The van der Waals surface area contributed by atoms with E-state index in [9.17, 15) is 0 Å². The van der Waals surface area contributed by atoms with Crippen molar-refractivity contribution >= 4 is 54.8 Å². The van der Waals surface area contributed by atoms with Crippen molar-refractivity contribution < 1.29 is 4.74 Å². The topological polar surface area (TPSA) is 9.23 Å². The van der Waals surface area contributed by atoms with Gasteiger partial charge in [-0.3, -0.25) is 0 Å². The minimum absolute atomic E-state index is 0.270. The monoisotopic (exact) mass is 372 g/mol. The minimum atomic E-state index is 0.270. The average molecular weight is 375 g/mol. The predicted octanol–water partition coefficient (Wildman–Crippen LogP) is 5.17. The van der Waals surface area contributed by atoms with Crippen LogP contribution in [-0.4, -0.2) is 12.7 Å². The van der Waals surface area contributed by atoms with E-state index in [4.69, 9.17) is 16.3 Å². The summed E-state index contributed by atoms with van der Waals surface area (Å²) >= 11 is 14.8. The van der Waals surface area contributed by atoms with Gasteiger partial charge in [-0.25, -0.2) is 0 Å². The van der Waals surface area contributed by atoms with Crippen molar-refractivity contribution in [3.05, 3.63) is 19.8 Å². The summed E-state index contributed by atoms with van der Waals surface area (Å²) in [4.78, 5) is 1.50. The van der Waals surface area contributed by atoms with Crippen molar-refractivity contribution in [3.63, 3.8) is 0 Å². The van der Waals surface area contributed by atoms with E-state index in [-0.39, 0.29) is 4.83 Å². The first-order chi connectivity index (χ1) is 7.18. The van der Waals surface area contributed by atoms with Crippen LogP contribution in [0.1, 0.15) is 29.0 Å². The van der Waals surface area contributed by atoms with Crippen LogP contribution in [0.2, 0.25) is 5.02 Å². The van der Waals surface area contributed by atoms with Crippen molar-refractivity contribution in [2.45, 2.75) is 30.2 Å². The van der Waals surface area contributed by atoms with Crippen LogP contribution in [-0.2, 0) is 4.74 Å². The molecular weight excluding hydrogens is 363 g/mol. The number of halogens is 3. The first-order valence-corrected chi connectivity index (χ1v) is 7.79. The Morgan fingerprint density at radius 1 is 1.53 bits per heavy atom. The van der Waals surface area contributed by atoms with Crippen LogP contribution >= 0.6 is 54.8 Å². The zero-order valence-electron chi connectivity index (χ0n) is 8.01. The third-order valence-electron chi connectivity index (χ3n) is 2.48. The van der Waals surface area contributed by atoms with E-state index in [1.54, 1.807) is 11.3 Å². The fourth-order valence-electron chi connectivity index (χ4n) is 1.68. The maximum absolute atomic E-state index is 6.01. The molecule has 0 bridgehead atoms. The Morgan fingerprint density at radius 2 is 2.33 bits per heavy atom. The van der Waals surface area contributed by atoms with Crippen molar-refractivity contribution in [3.8, 4) is 0 Å². The predicted molar refractivity (Wildman–Crippen MR) is 72.3 cm³/mol. The normalized spacial score (nSPS) is 24.1. The summed E-state index contributed by atoms with van der Waals surface area (Å²) in [6.07, 6.45) is 3.86. The third kappa shape index (κ3) is 2.97. The maximum atomic E-state index is 6.01. The summed E-state index contributed by atoms with van der Waals surface area (Å²) in [5.41, 5.74) is 0. The Labute approximate surface area is 115 Å². The van der Waals surface area contributed by atoms with E-state index >= 15 is 0 Å². The van der Waals surface area contributed by atoms with Gasteiger partial charge in [-0.2, -0.15) is 0 Å². The van der Waals surface area contributed by atoms with Gasteiger partial charge >= 0.3 is 0 Å². The summed E-state index contributed by atoms with van der Waals surface area (Å²) in [6.45, 7) is 0.882. The van der Waals surface area contributed by atoms with Crippen LogP contribution < -0.4 is 0 Å². The zero-order chi connectivity index (χ0) is 10.8. The molecule has 84 valence electrons. The summed E-state index contributed by atoms with van der Waals surface area (Å²) in [6, 6.07) is 2.01. The maximum Gasteiger partial charge on any atom is 0.0887 e. The molecule has 0 spiro atoms. The van der Waals surface area contributed by atoms with Gasteiger partial charge in [0.1, 0.15) is 0 Å². The van der Waals surface area contributed by atoms with Gasteiger partial charge in [0, 0.05) is 11.5 Å². The average Bonchev–Trinajstić information content (AvgIpc) is 2.59. The van der Waals surface area contributed by atoms with Crippen LogP contribution in [0, 0.1) is 0 Å². The second kappa shape index (κ2) is 5.50. The molecule has 1 aromatic rings. The lowest BCUT2D eigenvalue weighted by Gasteiger charge is -2.26. The lowest BCUT2D eigenvalue weighted by molar-refractivity contribution is 0.0165. The lowest BCUT2D eigenvalue weighted by Crippen LogP contribution is -2.22. The molecule has 0 N–H and O–H groups in total. The number of ether oxygens (including phenoxy) is 1. The molecular formula is C10H11Br2ClOS. The largest absolute Gasteiger partial charge is 0.377 e. The van der Waals surface area contributed by atoms with Crippen molar-refractivity contribution in [2.24, 2.45) is 0 Å². The summed E-state index contributed by atoms with van der Waals surface area (Å²) in [7, 11) is 0. The molecule has 1 nitrogen and oxygen atoms in total. The molecule has 1 fully saturated rings. The molecule has 2 heterocycles. The molecule has 5 heteroatoms. The molecule has 2 unspecified atom stereocenters. The Morgan fingerprint density at radius 3 is 2.87 bits per heavy atom. The third-order valence-corrected chi connectivity index (χ3v) is 6.42. The van der Waals surface area contributed by atoms with E-state index in [1.807, 2.05) is 6.07 Å². The number of hydrogen-bond acceptors (Lipinski definition) is 2. The number of hydrogen-bond donors (Lipinski definition) is 0. The van der Waals surface area contributed by atoms with E-state index in [1.165, 1.54) is 17.7 Å². The molecule has 0 aromatic carbocycles. The van der Waals surface area contributed by atoms with E-state index in [0.29, 0.717) is 6.10 Å². The Kier molecular flexibility index (Phi) is 4.53. The van der Waals surface area contributed by atoms with Gasteiger partial charge in [-0.1, -0.05) is 27.5 Å². The number of thiophene rings is 1. The quantitative estimate of drug-likeness (QED) is 0.649. The van der Waals surface area contributed by atoms with Crippen LogP contribution in [0.4, 0.5) is 0 Å². The lowest BCUT2D eigenvalue weighted by atomic mass is 10.1. The van der Waals surface area contributed by atoms with Gasteiger partial charge in [0.25, 0.3) is 0 Å². The minimum Gasteiger partial charge on any atom is -0.377 e. The van der Waals surface area contributed by atoms with Crippen LogP contribution in [0.25, 0.3) is 0 Å². The van der Waals surface area contributed by atoms with Crippen LogP contribution in [0.5, 0.6) is 0 Å². The Balaban J connectivity index is 2.08. The summed E-state index contributed by atoms with van der Waals surface area (Å²) in [5, 5.41) is 0.787. The van der Waals surface area contributed by atoms with Crippen molar-refractivity contribution in [1.29, 1.82) is 0 Å². The standard InChI is InChI=1S/C10H11Br2ClOS/c11-9(7-3-1-2-4-14-7)8-5-6(13)10(12)15-8/h5,7,9H,1-4H2. The molecule has 1 saturated heterocycles. The van der Waals surface area contributed by atoms with E-state index in [2.05, 4.69) is 31.9 Å². The number of alkyl halides is 1. The molecule has 1 aliphatic rings. The molecule has 2 atom stereocenters. The van der Waals surface area contributed by atoms with Gasteiger partial charge in [-0.05, 0) is 41.3 Å². The first-order valence-electron chi connectivity index (χ1n) is 4.89. The summed E-state index contributed by atoms with van der Waals surface area (Å²) in [5.74, 6) is 0. The molecule has 1 aliphatic heterocycles. The van der Waals surface area contributed by atoms with Crippen molar-refractivity contribution in [2.75, 3.05) is 6.61 Å². The summed E-state index contributed by atoms with van der Waals surface area (Å²) < 4.78 is 6.74. The van der Waals surface area contributed by atoms with Crippen molar-refractivity contribution in [1.82, 2.24) is 0 Å². The van der Waals surface area contributed by atoms with Gasteiger partial charge in [0.05, 0.1) is 19.7 Å². The van der Waals surface area contributed by atoms with E-state index in [0.717, 1.165) is 21.8 Å². The molecule has 0 saturated carbocycles. The van der Waals surface area contributed by atoms with Gasteiger partial charge < -0.3 is 4.74 Å². The first kappa shape index (κ1) is 12.4. The molecule has 15 heavy (non-hydrogen) atoms. The fourth-order valence-corrected chi connectivity index (χ4v) is 4.29. The van der Waals surface area contributed by atoms with Crippen LogP contribution in [0.3, 0.4) is 0 Å². The SMILES string of the molecule is Clc1cc(C(Br)C2CCCCO2)sc1Br. The highest BCUT2D eigenvalue weighted by Gasteiger charge is 2.25. The fraction of sp³-hybridized carbons (Fsp3) is 0.600. The number of rotatable bonds is 2. The Bertz CT molecular complexity index is 317. The Hall–Kier alpha value is 0.910. The molecule has 0 radical (unpaired) electrons. The highest BCUT2D eigenvalue weighted by atomic mass is 79.9. The molecule has 0 amide bonds. The van der Waals surface area contributed by atoms with Gasteiger partial charge in [0.2, 0.25) is 0 Å². The zero-order valence-corrected chi connectivity index (χ0v) is 12.8. The second-order valence-corrected chi connectivity index (χ2v) is 7.37. The van der Waals surface area contributed by atoms with Crippen LogP contribution in [0.15, 0.2) is 9.85 Å². The second-order valence-electron chi connectivity index (χ2n) is 3.58. The van der Waals surface area contributed by atoms with Gasteiger partial charge in [0.15, 0.2) is 0 Å². The highest BCUT2D eigenvalue weighted by molar-refractivity contribution is 9.11. The van der Waals surface area contributed by atoms with Gasteiger partial charge in [-0.15, -0.1) is 11.3 Å². The molecule has 0 aliphatic carbocycles.